The van der Waals surface area contributed by atoms with Gasteiger partial charge in [0, 0.05) is 11.1 Å². The van der Waals surface area contributed by atoms with Crippen LogP contribution in [-0.2, 0) is 20.9 Å². The first-order valence-electron chi connectivity index (χ1n) is 6.44. The van der Waals surface area contributed by atoms with E-state index in [1.54, 1.807) is 6.92 Å². The van der Waals surface area contributed by atoms with E-state index in [2.05, 4.69) is 0 Å². The highest BCUT2D eigenvalue weighted by atomic mass is 16.6. The lowest BCUT2D eigenvalue weighted by Crippen LogP contribution is -2.15. The summed E-state index contributed by atoms with van der Waals surface area (Å²) in [4.78, 5) is 34.6. The molecule has 0 atom stereocenters. The first-order valence-corrected chi connectivity index (χ1v) is 6.44. The highest BCUT2D eigenvalue weighted by Crippen LogP contribution is 2.41. The van der Waals surface area contributed by atoms with Crippen LogP contribution in [-0.4, -0.2) is 24.8 Å². The molecule has 0 N–H and O–H groups in total. The van der Waals surface area contributed by atoms with Crippen molar-refractivity contribution in [1.82, 2.24) is 0 Å². The number of ketones is 1. The minimum atomic E-state index is -0.710. The predicted molar refractivity (Wildman–Crippen MR) is 72.5 cm³/mol. The Bertz CT molecular complexity index is 644. The summed E-state index contributed by atoms with van der Waals surface area (Å²) in [6, 6.07) is 0. The maximum atomic E-state index is 11.9. The van der Waals surface area contributed by atoms with E-state index in [1.807, 2.05) is 6.92 Å². The Morgan fingerprint density at radius 3 is 2.43 bits per heavy atom. The van der Waals surface area contributed by atoms with Crippen LogP contribution in [0.15, 0.2) is 0 Å². The molecule has 6 heteroatoms. The van der Waals surface area contributed by atoms with Gasteiger partial charge in [0.1, 0.15) is 30.1 Å². The number of methoxy groups -OCH3 is 1. The van der Waals surface area contributed by atoms with E-state index < -0.39 is 11.9 Å². The lowest BCUT2D eigenvalue weighted by Gasteiger charge is -2.16. The molecule has 6 nitrogen and oxygen atoms in total. The molecular weight excluding hydrogens is 276 g/mol. The van der Waals surface area contributed by atoms with E-state index in [-0.39, 0.29) is 30.1 Å². The van der Waals surface area contributed by atoms with Crippen molar-refractivity contribution in [2.24, 2.45) is 0 Å². The van der Waals surface area contributed by atoms with E-state index >= 15 is 0 Å². The third kappa shape index (κ3) is 2.61. The van der Waals surface area contributed by atoms with Crippen LogP contribution in [0.2, 0.25) is 0 Å². The van der Waals surface area contributed by atoms with Crippen LogP contribution >= 0.6 is 0 Å². The Kier molecular flexibility index (Phi) is 3.97. The van der Waals surface area contributed by atoms with Gasteiger partial charge in [-0.2, -0.15) is 0 Å². The number of rotatable bonds is 4. The second-order valence-corrected chi connectivity index (χ2v) is 4.89. The Balaban J connectivity index is 2.54. The molecule has 2 rings (SSSR count). The molecule has 1 aliphatic heterocycles. The van der Waals surface area contributed by atoms with E-state index in [4.69, 9.17) is 14.2 Å². The monoisotopic (exact) mass is 292 g/mol. The molecule has 1 aromatic rings. The number of carbonyl (C=O) groups excluding carboxylic acids is 3. The molecule has 0 bridgehead atoms. The Morgan fingerprint density at radius 2 is 1.86 bits per heavy atom. The third-order valence-corrected chi connectivity index (χ3v) is 3.37. The maximum absolute atomic E-state index is 11.9. The molecule has 0 saturated carbocycles. The van der Waals surface area contributed by atoms with Gasteiger partial charge in [0.25, 0.3) is 0 Å². The van der Waals surface area contributed by atoms with E-state index in [1.165, 1.54) is 14.0 Å². The van der Waals surface area contributed by atoms with Crippen molar-refractivity contribution < 1.29 is 28.6 Å². The number of esters is 2. The summed E-state index contributed by atoms with van der Waals surface area (Å²) in [5.41, 5.74) is 2.20. The molecule has 0 radical (unpaired) electrons. The van der Waals surface area contributed by atoms with Gasteiger partial charge in [0.05, 0.1) is 7.11 Å². The van der Waals surface area contributed by atoms with Crippen LogP contribution in [0.3, 0.4) is 0 Å². The lowest BCUT2D eigenvalue weighted by molar-refractivity contribution is -0.137. The number of cyclic esters (lactones) is 1. The van der Waals surface area contributed by atoms with Crippen LogP contribution in [0.5, 0.6) is 11.5 Å². The SMILES string of the molecule is COc1c(C)c2c(c(OC(=O)CC(C)=O)c1C)C(=O)OC2. The van der Waals surface area contributed by atoms with Gasteiger partial charge < -0.3 is 14.2 Å². The van der Waals surface area contributed by atoms with Crippen molar-refractivity contribution in [3.8, 4) is 11.5 Å². The fourth-order valence-electron chi connectivity index (χ4n) is 2.43. The summed E-state index contributed by atoms with van der Waals surface area (Å²) in [5, 5.41) is 0. The molecule has 21 heavy (non-hydrogen) atoms. The van der Waals surface area contributed by atoms with E-state index in [0.717, 1.165) is 5.56 Å². The number of Topliss-reactive ketones (excluding diaryl/α,β-unsaturated/α-hetero) is 1. The fraction of sp³-hybridized carbons (Fsp3) is 0.400. The normalized spacial score (nSPS) is 12.7. The summed E-state index contributed by atoms with van der Waals surface area (Å²) in [6.07, 6.45) is -0.348. The molecule has 1 aromatic carbocycles. The lowest BCUT2D eigenvalue weighted by atomic mass is 9.97. The second kappa shape index (κ2) is 5.55. The van der Waals surface area contributed by atoms with Crippen LogP contribution in [0.25, 0.3) is 0 Å². The van der Waals surface area contributed by atoms with Crippen molar-refractivity contribution in [3.05, 3.63) is 22.3 Å². The highest BCUT2D eigenvalue weighted by molar-refractivity contribution is 6.00. The molecule has 0 aromatic heterocycles. The van der Waals surface area contributed by atoms with Crippen molar-refractivity contribution in [3.63, 3.8) is 0 Å². The Hall–Kier alpha value is -2.37. The van der Waals surface area contributed by atoms with Gasteiger partial charge >= 0.3 is 11.9 Å². The Labute approximate surface area is 122 Å². The van der Waals surface area contributed by atoms with Crippen LogP contribution in [0.1, 0.15) is 40.4 Å². The van der Waals surface area contributed by atoms with Gasteiger partial charge in [-0.3, -0.25) is 9.59 Å². The zero-order valence-electron chi connectivity index (χ0n) is 12.4. The third-order valence-electron chi connectivity index (χ3n) is 3.37. The predicted octanol–water partition coefficient (Wildman–Crippen LogP) is 1.87. The number of carbonyl (C=O) groups is 3. The summed E-state index contributed by atoms with van der Waals surface area (Å²) in [6.45, 7) is 4.92. The number of fused-ring (bicyclic) bond motifs is 1. The number of hydrogen-bond donors (Lipinski definition) is 0. The van der Waals surface area contributed by atoms with E-state index in [0.29, 0.717) is 16.9 Å². The quantitative estimate of drug-likeness (QED) is 0.479. The molecule has 0 aliphatic carbocycles. The van der Waals surface area contributed by atoms with Crippen molar-refractivity contribution in [2.45, 2.75) is 33.8 Å². The fourth-order valence-corrected chi connectivity index (χ4v) is 2.43. The van der Waals surface area contributed by atoms with Gasteiger partial charge in [0.15, 0.2) is 5.75 Å². The molecule has 0 amide bonds. The van der Waals surface area contributed by atoms with E-state index in [9.17, 15) is 14.4 Å². The number of benzene rings is 1. The second-order valence-electron chi connectivity index (χ2n) is 4.89. The molecule has 0 unspecified atom stereocenters. The van der Waals surface area contributed by atoms with Crippen molar-refractivity contribution in [2.75, 3.05) is 7.11 Å². The molecular formula is C15H16O6. The first-order chi connectivity index (χ1) is 9.86. The number of ether oxygens (including phenoxy) is 3. The van der Waals surface area contributed by atoms with Crippen molar-refractivity contribution in [1.29, 1.82) is 0 Å². The molecule has 1 heterocycles. The van der Waals surface area contributed by atoms with Gasteiger partial charge in [0.2, 0.25) is 0 Å². The highest BCUT2D eigenvalue weighted by Gasteiger charge is 2.33. The molecule has 0 spiro atoms. The van der Waals surface area contributed by atoms with Gasteiger partial charge in [-0.25, -0.2) is 4.79 Å². The Morgan fingerprint density at radius 1 is 1.19 bits per heavy atom. The average molecular weight is 292 g/mol. The van der Waals surface area contributed by atoms with Gasteiger partial charge in [-0.15, -0.1) is 0 Å². The van der Waals surface area contributed by atoms with Crippen LogP contribution in [0.4, 0.5) is 0 Å². The topological polar surface area (TPSA) is 78.9 Å². The van der Waals surface area contributed by atoms with Crippen molar-refractivity contribution >= 4 is 17.7 Å². The zero-order chi connectivity index (χ0) is 15.7. The molecule has 0 fully saturated rings. The summed E-state index contributed by atoms with van der Waals surface area (Å²) in [5.74, 6) is -0.905. The van der Waals surface area contributed by atoms with Crippen LogP contribution in [0, 0.1) is 13.8 Å². The molecule has 1 aliphatic rings. The minimum absolute atomic E-state index is 0.112. The summed E-state index contributed by atoms with van der Waals surface area (Å²) < 4.78 is 15.5. The average Bonchev–Trinajstić information content (AvgIpc) is 2.77. The summed E-state index contributed by atoms with van der Waals surface area (Å²) in [7, 11) is 1.50. The smallest absolute Gasteiger partial charge is 0.342 e. The molecule has 0 saturated heterocycles. The summed E-state index contributed by atoms with van der Waals surface area (Å²) >= 11 is 0. The van der Waals surface area contributed by atoms with Crippen LogP contribution < -0.4 is 9.47 Å². The maximum Gasteiger partial charge on any atom is 0.342 e. The van der Waals surface area contributed by atoms with Gasteiger partial charge in [-0.05, 0) is 26.3 Å². The minimum Gasteiger partial charge on any atom is -0.496 e. The van der Waals surface area contributed by atoms with Gasteiger partial charge in [-0.1, -0.05) is 0 Å². The zero-order valence-corrected chi connectivity index (χ0v) is 12.4. The first kappa shape index (κ1) is 15.0. The standard InChI is InChI=1S/C15H16O6/c1-7(16)5-11(17)21-14-9(3)13(19-4)8(2)10-6-20-15(18)12(10)14/h5-6H2,1-4H3. The number of hydrogen-bond acceptors (Lipinski definition) is 6. The molecule has 112 valence electrons. The largest absolute Gasteiger partial charge is 0.496 e.